The molecule has 0 spiro atoms. The fourth-order valence-electron chi connectivity index (χ4n) is 1.59. The lowest BCUT2D eigenvalue weighted by atomic mass is 10.2. The van der Waals surface area contributed by atoms with Crippen molar-refractivity contribution in [3.8, 4) is 11.5 Å². The lowest BCUT2D eigenvalue weighted by molar-refractivity contribution is 0.404. The van der Waals surface area contributed by atoms with E-state index in [2.05, 4.69) is 11.6 Å². The van der Waals surface area contributed by atoms with Crippen molar-refractivity contribution in [3.05, 3.63) is 17.2 Å². The number of halogens is 1. The zero-order valence-electron chi connectivity index (χ0n) is 11.1. The number of methoxy groups -OCH3 is 2. The number of thioether (sulfide) groups is 1. The molecule has 0 aliphatic heterocycles. The van der Waals surface area contributed by atoms with Crippen LogP contribution in [0.5, 0.6) is 11.5 Å². The van der Waals surface area contributed by atoms with Crippen LogP contribution in [-0.4, -0.2) is 32.8 Å². The SMILES string of the molecule is COc1cc(NCCCCSC)c(OC)cc1Cl. The average molecular weight is 290 g/mol. The van der Waals surface area contributed by atoms with Crippen molar-refractivity contribution in [2.75, 3.05) is 38.1 Å². The van der Waals surface area contributed by atoms with Gasteiger partial charge in [0, 0.05) is 18.7 Å². The number of ether oxygens (including phenoxy) is 2. The van der Waals surface area contributed by atoms with Gasteiger partial charge in [-0.3, -0.25) is 0 Å². The summed E-state index contributed by atoms with van der Waals surface area (Å²) in [6.45, 7) is 0.918. The van der Waals surface area contributed by atoms with Crippen LogP contribution in [0.2, 0.25) is 5.02 Å². The van der Waals surface area contributed by atoms with Crippen LogP contribution in [0.1, 0.15) is 12.8 Å². The predicted molar refractivity (Wildman–Crippen MR) is 80.7 cm³/mol. The molecule has 1 rings (SSSR count). The molecule has 0 amide bonds. The third-order valence-corrected chi connectivity index (χ3v) is 3.56. The fraction of sp³-hybridized carbons (Fsp3) is 0.538. The van der Waals surface area contributed by atoms with Gasteiger partial charge in [0.2, 0.25) is 0 Å². The van der Waals surface area contributed by atoms with Gasteiger partial charge in [-0.05, 0) is 24.9 Å². The van der Waals surface area contributed by atoms with Crippen LogP contribution in [-0.2, 0) is 0 Å². The Morgan fingerprint density at radius 2 is 1.89 bits per heavy atom. The maximum Gasteiger partial charge on any atom is 0.143 e. The Labute approximate surface area is 118 Å². The first kappa shape index (κ1) is 15.3. The normalized spacial score (nSPS) is 10.2. The highest BCUT2D eigenvalue weighted by Crippen LogP contribution is 2.35. The second kappa shape index (κ2) is 8.38. The van der Waals surface area contributed by atoms with Gasteiger partial charge in [0.15, 0.2) is 0 Å². The highest BCUT2D eigenvalue weighted by molar-refractivity contribution is 7.98. The summed E-state index contributed by atoms with van der Waals surface area (Å²) in [6, 6.07) is 3.64. The number of hydrogen-bond donors (Lipinski definition) is 1. The Bertz CT molecular complexity index is 374. The summed E-state index contributed by atoms with van der Waals surface area (Å²) >= 11 is 7.92. The summed E-state index contributed by atoms with van der Waals surface area (Å²) in [5.41, 5.74) is 0.919. The standard InChI is InChI=1S/C13H20ClNO2S/c1-16-12-9-11(13(17-2)8-10(12)14)15-6-4-5-7-18-3/h8-9,15H,4-7H2,1-3H3. The highest BCUT2D eigenvalue weighted by atomic mass is 35.5. The van der Waals surface area contributed by atoms with E-state index in [1.807, 2.05) is 17.8 Å². The van der Waals surface area contributed by atoms with E-state index in [1.165, 1.54) is 12.2 Å². The fourth-order valence-corrected chi connectivity index (χ4v) is 2.32. The van der Waals surface area contributed by atoms with Gasteiger partial charge in [0.1, 0.15) is 11.5 Å². The molecular formula is C13H20ClNO2S. The summed E-state index contributed by atoms with van der Waals surface area (Å²) in [6.07, 6.45) is 4.47. The van der Waals surface area contributed by atoms with Crippen molar-refractivity contribution < 1.29 is 9.47 Å². The zero-order chi connectivity index (χ0) is 13.4. The molecule has 102 valence electrons. The first-order valence-electron chi connectivity index (χ1n) is 5.87. The number of benzene rings is 1. The van der Waals surface area contributed by atoms with Gasteiger partial charge < -0.3 is 14.8 Å². The third-order valence-electron chi connectivity index (χ3n) is 2.56. The van der Waals surface area contributed by atoms with Crippen LogP contribution in [0.4, 0.5) is 5.69 Å². The van der Waals surface area contributed by atoms with Crippen molar-refractivity contribution in [2.45, 2.75) is 12.8 Å². The molecule has 0 radical (unpaired) electrons. The molecule has 0 unspecified atom stereocenters. The zero-order valence-corrected chi connectivity index (χ0v) is 12.7. The van der Waals surface area contributed by atoms with Gasteiger partial charge >= 0.3 is 0 Å². The van der Waals surface area contributed by atoms with Crippen LogP contribution in [0.3, 0.4) is 0 Å². The maximum atomic E-state index is 6.05. The monoisotopic (exact) mass is 289 g/mol. The van der Waals surface area contributed by atoms with Crippen LogP contribution in [0, 0.1) is 0 Å². The molecule has 18 heavy (non-hydrogen) atoms. The number of hydrogen-bond acceptors (Lipinski definition) is 4. The summed E-state index contributed by atoms with van der Waals surface area (Å²) in [5.74, 6) is 2.60. The molecule has 0 saturated heterocycles. The lowest BCUT2D eigenvalue weighted by Gasteiger charge is -2.13. The van der Waals surface area contributed by atoms with Gasteiger partial charge in [-0.25, -0.2) is 0 Å². The molecule has 0 heterocycles. The summed E-state index contributed by atoms with van der Waals surface area (Å²) in [4.78, 5) is 0. The van der Waals surface area contributed by atoms with Crippen molar-refractivity contribution in [2.24, 2.45) is 0 Å². The van der Waals surface area contributed by atoms with E-state index in [4.69, 9.17) is 21.1 Å². The Morgan fingerprint density at radius 3 is 2.50 bits per heavy atom. The Hall–Kier alpha value is -0.740. The van der Waals surface area contributed by atoms with E-state index in [-0.39, 0.29) is 0 Å². The molecule has 1 N–H and O–H groups in total. The van der Waals surface area contributed by atoms with Gasteiger partial charge in [-0.15, -0.1) is 0 Å². The molecule has 0 bridgehead atoms. The number of rotatable bonds is 8. The van der Waals surface area contributed by atoms with E-state index in [0.29, 0.717) is 10.8 Å². The van der Waals surface area contributed by atoms with E-state index >= 15 is 0 Å². The third kappa shape index (κ3) is 4.50. The summed E-state index contributed by atoms with van der Waals surface area (Å²) in [5, 5.41) is 3.91. The van der Waals surface area contributed by atoms with Gasteiger partial charge in [0.05, 0.1) is 24.9 Å². The first-order valence-corrected chi connectivity index (χ1v) is 7.64. The van der Waals surface area contributed by atoms with Crippen molar-refractivity contribution in [3.63, 3.8) is 0 Å². The molecule has 1 aromatic carbocycles. The molecule has 0 atom stereocenters. The van der Waals surface area contributed by atoms with Crippen LogP contribution in [0.15, 0.2) is 12.1 Å². The molecule has 3 nitrogen and oxygen atoms in total. The molecule has 0 saturated carbocycles. The topological polar surface area (TPSA) is 30.5 Å². The molecule has 1 aromatic rings. The summed E-state index contributed by atoms with van der Waals surface area (Å²) in [7, 11) is 3.24. The molecule has 0 aliphatic rings. The van der Waals surface area contributed by atoms with Crippen molar-refractivity contribution in [1.29, 1.82) is 0 Å². The second-order valence-corrected chi connectivity index (χ2v) is 5.21. The van der Waals surface area contributed by atoms with E-state index in [0.717, 1.165) is 24.4 Å². The van der Waals surface area contributed by atoms with E-state index < -0.39 is 0 Å². The van der Waals surface area contributed by atoms with Gasteiger partial charge in [-0.2, -0.15) is 11.8 Å². The van der Waals surface area contributed by atoms with Crippen LogP contribution < -0.4 is 14.8 Å². The average Bonchev–Trinajstić information content (AvgIpc) is 2.39. The molecule has 0 fully saturated rings. The van der Waals surface area contributed by atoms with Gasteiger partial charge in [-0.1, -0.05) is 11.6 Å². The number of anilines is 1. The van der Waals surface area contributed by atoms with Crippen molar-refractivity contribution >= 4 is 29.1 Å². The van der Waals surface area contributed by atoms with E-state index in [9.17, 15) is 0 Å². The first-order chi connectivity index (χ1) is 8.72. The molecule has 0 aliphatic carbocycles. The Balaban J connectivity index is 2.62. The van der Waals surface area contributed by atoms with E-state index in [1.54, 1.807) is 20.3 Å². The molecule has 5 heteroatoms. The second-order valence-electron chi connectivity index (χ2n) is 3.81. The molecule has 0 aromatic heterocycles. The number of unbranched alkanes of at least 4 members (excludes halogenated alkanes) is 1. The minimum absolute atomic E-state index is 0.558. The predicted octanol–water partition coefficient (Wildman–Crippen LogP) is 3.91. The lowest BCUT2D eigenvalue weighted by Crippen LogP contribution is -2.04. The minimum atomic E-state index is 0.558. The van der Waals surface area contributed by atoms with Gasteiger partial charge in [0.25, 0.3) is 0 Å². The quantitative estimate of drug-likeness (QED) is 0.735. The molecular weight excluding hydrogens is 270 g/mol. The highest BCUT2D eigenvalue weighted by Gasteiger charge is 2.09. The largest absolute Gasteiger partial charge is 0.495 e. The maximum absolute atomic E-state index is 6.05. The number of nitrogens with one attached hydrogen (secondary N) is 1. The minimum Gasteiger partial charge on any atom is -0.495 e. The Kier molecular flexibility index (Phi) is 7.13. The van der Waals surface area contributed by atoms with Crippen molar-refractivity contribution in [1.82, 2.24) is 0 Å². The van der Waals surface area contributed by atoms with Crippen LogP contribution >= 0.6 is 23.4 Å². The summed E-state index contributed by atoms with van der Waals surface area (Å²) < 4.78 is 10.5. The smallest absolute Gasteiger partial charge is 0.143 e. The Morgan fingerprint density at radius 1 is 1.17 bits per heavy atom. The van der Waals surface area contributed by atoms with Crippen LogP contribution in [0.25, 0.3) is 0 Å².